The van der Waals surface area contributed by atoms with Crippen molar-refractivity contribution in [1.29, 1.82) is 0 Å². The van der Waals surface area contributed by atoms with E-state index in [4.69, 9.17) is 4.74 Å². The van der Waals surface area contributed by atoms with E-state index in [-0.39, 0.29) is 24.3 Å². The van der Waals surface area contributed by atoms with Crippen LogP contribution in [0.4, 0.5) is 11.4 Å². The predicted molar refractivity (Wildman–Crippen MR) is 95.3 cm³/mol. The van der Waals surface area contributed by atoms with Crippen LogP contribution < -0.4 is 5.32 Å². The number of ketones is 1. The summed E-state index contributed by atoms with van der Waals surface area (Å²) in [5.74, 6) is -1.37. The second-order valence-electron chi connectivity index (χ2n) is 5.37. The van der Waals surface area contributed by atoms with Gasteiger partial charge in [0, 0.05) is 24.2 Å². The number of rotatable bonds is 8. The molecular formula is C17H16N2O6S. The zero-order valence-electron chi connectivity index (χ0n) is 13.9. The van der Waals surface area contributed by atoms with Gasteiger partial charge in [0.15, 0.2) is 12.4 Å². The van der Waals surface area contributed by atoms with E-state index in [0.717, 1.165) is 0 Å². The fourth-order valence-electron chi connectivity index (χ4n) is 2.08. The molecule has 0 fully saturated rings. The maximum atomic E-state index is 11.8. The molecule has 2 aromatic rings. The summed E-state index contributed by atoms with van der Waals surface area (Å²) in [6, 6.07) is 7.44. The van der Waals surface area contributed by atoms with E-state index in [0.29, 0.717) is 16.1 Å². The molecule has 1 N–H and O–H groups in total. The van der Waals surface area contributed by atoms with Crippen LogP contribution >= 0.6 is 11.3 Å². The Balaban J connectivity index is 1.77. The minimum Gasteiger partial charge on any atom is -0.456 e. The molecule has 1 amide bonds. The highest BCUT2D eigenvalue weighted by Crippen LogP contribution is 2.21. The van der Waals surface area contributed by atoms with Crippen molar-refractivity contribution in [2.75, 3.05) is 11.9 Å². The minimum absolute atomic E-state index is 0.0163. The lowest BCUT2D eigenvalue weighted by Gasteiger charge is -2.08. The summed E-state index contributed by atoms with van der Waals surface area (Å²) in [4.78, 5) is 46.0. The van der Waals surface area contributed by atoms with Crippen LogP contribution in [0.1, 0.15) is 28.1 Å². The first kappa shape index (κ1) is 19.3. The van der Waals surface area contributed by atoms with E-state index in [1.807, 2.05) is 0 Å². The molecule has 26 heavy (non-hydrogen) atoms. The van der Waals surface area contributed by atoms with Crippen LogP contribution in [0.2, 0.25) is 0 Å². The van der Waals surface area contributed by atoms with Crippen LogP contribution in [0.5, 0.6) is 0 Å². The highest BCUT2D eigenvalue weighted by atomic mass is 32.1. The Morgan fingerprint density at radius 1 is 1.23 bits per heavy atom. The number of non-ortho nitro benzene ring substituents is 1. The number of nitro groups is 1. The van der Waals surface area contributed by atoms with E-state index in [2.05, 4.69) is 5.32 Å². The largest absolute Gasteiger partial charge is 0.456 e. The Hall–Kier alpha value is -3.07. The van der Waals surface area contributed by atoms with Gasteiger partial charge in [-0.3, -0.25) is 24.5 Å². The van der Waals surface area contributed by atoms with E-state index in [9.17, 15) is 24.5 Å². The molecule has 0 unspecified atom stereocenters. The zero-order chi connectivity index (χ0) is 19.1. The van der Waals surface area contributed by atoms with Crippen molar-refractivity contribution < 1.29 is 24.0 Å². The number of nitrogens with one attached hydrogen (secondary N) is 1. The van der Waals surface area contributed by atoms with Gasteiger partial charge in [-0.05, 0) is 30.0 Å². The summed E-state index contributed by atoms with van der Waals surface area (Å²) in [7, 11) is 0. The summed E-state index contributed by atoms with van der Waals surface area (Å²) in [5.41, 5.74) is 0.826. The van der Waals surface area contributed by atoms with Gasteiger partial charge in [0.1, 0.15) is 0 Å². The highest BCUT2D eigenvalue weighted by molar-refractivity contribution is 7.12. The Morgan fingerprint density at radius 3 is 2.62 bits per heavy atom. The number of anilines is 1. The molecule has 0 aliphatic carbocycles. The number of nitrogens with zero attached hydrogens (tertiary/aromatic N) is 1. The molecule has 0 bridgehead atoms. The lowest BCUT2D eigenvalue weighted by atomic mass is 10.2. The van der Waals surface area contributed by atoms with E-state index in [1.54, 1.807) is 24.4 Å². The summed E-state index contributed by atoms with van der Waals surface area (Å²) < 4.78 is 4.84. The second kappa shape index (κ2) is 8.86. The van der Waals surface area contributed by atoms with E-state index in [1.165, 1.54) is 29.5 Å². The van der Waals surface area contributed by atoms with Gasteiger partial charge >= 0.3 is 5.97 Å². The van der Waals surface area contributed by atoms with Gasteiger partial charge in [0.25, 0.3) is 11.6 Å². The SMILES string of the molecule is Cc1cc([N+](=O)[O-])ccc1NC(=O)COC(=O)CCC(=O)c1cccs1. The third kappa shape index (κ3) is 5.49. The normalized spacial score (nSPS) is 10.2. The molecule has 1 aromatic carbocycles. The Bertz CT molecular complexity index is 832. The van der Waals surface area contributed by atoms with Crippen molar-refractivity contribution in [3.63, 3.8) is 0 Å². The maximum Gasteiger partial charge on any atom is 0.306 e. The van der Waals surface area contributed by atoms with Crippen molar-refractivity contribution in [2.24, 2.45) is 0 Å². The average molecular weight is 376 g/mol. The number of hydrogen-bond acceptors (Lipinski definition) is 7. The first-order valence-electron chi connectivity index (χ1n) is 7.64. The molecule has 9 heteroatoms. The van der Waals surface area contributed by atoms with Gasteiger partial charge in [-0.2, -0.15) is 0 Å². The molecule has 0 spiro atoms. The highest BCUT2D eigenvalue weighted by Gasteiger charge is 2.14. The summed E-state index contributed by atoms with van der Waals surface area (Å²) in [6.07, 6.45) is -0.0942. The second-order valence-corrected chi connectivity index (χ2v) is 6.31. The predicted octanol–water partition coefficient (Wildman–Crippen LogP) is 3.11. The third-order valence-electron chi connectivity index (χ3n) is 3.41. The summed E-state index contributed by atoms with van der Waals surface area (Å²) >= 11 is 1.30. The lowest BCUT2D eigenvalue weighted by Crippen LogP contribution is -2.21. The zero-order valence-corrected chi connectivity index (χ0v) is 14.7. The Kier molecular flexibility index (Phi) is 6.56. The van der Waals surface area contributed by atoms with Gasteiger partial charge in [0.05, 0.1) is 16.2 Å². The number of ether oxygens (including phenoxy) is 1. The van der Waals surface area contributed by atoms with Gasteiger partial charge in [0.2, 0.25) is 0 Å². The Morgan fingerprint density at radius 2 is 2.00 bits per heavy atom. The van der Waals surface area contributed by atoms with Gasteiger partial charge in [-0.1, -0.05) is 6.07 Å². The van der Waals surface area contributed by atoms with Crippen molar-refractivity contribution >= 4 is 40.4 Å². The van der Waals surface area contributed by atoms with Gasteiger partial charge < -0.3 is 10.1 Å². The maximum absolute atomic E-state index is 11.8. The number of amides is 1. The third-order valence-corrected chi connectivity index (χ3v) is 4.32. The van der Waals surface area contributed by atoms with Crippen LogP contribution in [0, 0.1) is 17.0 Å². The molecule has 8 nitrogen and oxygen atoms in total. The topological polar surface area (TPSA) is 116 Å². The summed E-state index contributed by atoms with van der Waals surface area (Å²) in [5, 5.41) is 15.0. The number of carbonyl (C=O) groups excluding carboxylic acids is 3. The number of carbonyl (C=O) groups is 3. The van der Waals surface area contributed by atoms with E-state index >= 15 is 0 Å². The molecule has 0 aliphatic rings. The molecule has 0 atom stereocenters. The van der Waals surface area contributed by atoms with E-state index < -0.39 is 23.4 Å². The first-order valence-corrected chi connectivity index (χ1v) is 8.52. The van der Waals surface area contributed by atoms with Crippen LogP contribution in [-0.2, 0) is 14.3 Å². The lowest BCUT2D eigenvalue weighted by molar-refractivity contribution is -0.384. The van der Waals surface area contributed by atoms with Crippen LogP contribution in [0.3, 0.4) is 0 Å². The van der Waals surface area contributed by atoms with Gasteiger partial charge in [-0.15, -0.1) is 11.3 Å². The molecule has 1 aromatic heterocycles. The Labute approximate surface area is 152 Å². The first-order chi connectivity index (χ1) is 12.4. The van der Waals surface area contributed by atoms with Crippen LogP contribution in [0.25, 0.3) is 0 Å². The quantitative estimate of drug-likeness (QED) is 0.327. The molecule has 0 aliphatic heterocycles. The number of benzene rings is 1. The molecule has 1 heterocycles. The average Bonchev–Trinajstić information content (AvgIpc) is 3.14. The molecule has 136 valence electrons. The number of esters is 1. The molecule has 0 saturated heterocycles. The van der Waals surface area contributed by atoms with Gasteiger partial charge in [-0.25, -0.2) is 0 Å². The molecule has 0 radical (unpaired) electrons. The number of nitro benzene ring substituents is 1. The standard InChI is InChI=1S/C17H16N2O6S/c1-11-9-12(19(23)24)4-5-13(11)18-16(21)10-25-17(22)7-6-14(20)15-3-2-8-26-15/h2-5,8-9H,6-7,10H2,1H3,(H,18,21). The molecular weight excluding hydrogens is 360 g/mol. The number of Topliss-reactive ketones (excluding diaryl/α,β-unsaturated/α-hetero) is 1. The number of hydrogen-bond donors (Lipinski definition) is 1. The number of aryl methyl sites for hydroxylation is 1. The monoisotopic (exact) mass is 376 g/mol. The molecule has 2 rings (SSSR count). The minimum atomic E-state index is -0.648. The van der Waals surface area contributed by atoms with Crippen molar-refractivity contribution in [3.8, 4) is 0 Å². The fourth-order valence-corrected chi connectivity index (χ4v) is 2.78. The van der Waals surface area contributed by atoms with Crippen molar-refractivity contribution in [2.45, 2.75) is 19.8 Å². The molecule has 0 saturated carbocycles. The van der Waals surface area contributed by atoms with Crippen molar-refractivity contribution in [1.82, 2.24) is 0 Å². The fraction of sp³-hybridized carbons (Fsp3) is 0.235. The smallest absolute Gasteiger partial charge is 0.306 e. The van der Waals surface area contributed by atoms with Crippen LogP contribution in [0.15, 0.2) is 35.7 Å². The van der Waals surface area contributed by atoms with Crippen LogP contribution in [-0.4, -0.2) is 29.2 Å². The van der Waals surface area contributed by atoms with Crippen molar-refractivity contribution in [3.05, 3.63) is 56.3 Å². The number of thiophene rings is 1. The summed E-state index contributed by atoms with van der Waals surface area (Å²) in [6.45, 7) is 1.12.